The molecule has 11 heteroatoms. The van der Waals surface area contributed by atoms with Crippen LogP contribution in [0.2, 0.25) is 0 Å². The minimum Gasteiger partial charge on any atom is -0.444 e. The molecule has 1 atom stereocenters. The van der Waals surface area contributed by atoms with E-state index in [4.69, 9.17) is 23.9 Å². The van der Waals surface area contributed by atoms with Crippen molar-refractivity contribution in [3.05, 3.63) is 59.3 Å². The number of aromatic nitrogens is 2. The van der Waals surface area contributed by atoms with Crippen molar-refractivity contribution in [2.45, 2.75) is 124 Å². The molecule has 10 nitrogen and oxygen atoms in total. The molecule has 270 valence electrons. The normalized spacial score (nSPS) is 23.9. The molecule has 2 aromatic heterocycles. The SMILES string of the molecule is [2H]C([2H])([2H])C([2H])(N(C(=O)c1cc(F)ccc1-n1c(C)c(C(=O)C2CCN(C(=O)[C@@H]3CCC(C)(C)N3C(=O)OC(C)(C)C)CC2)c2ccncc21)C([2H])(C([2H])([2H])[2H])C([2H])([2H])[2H])C([2H])([2H])[2H]. The third-order valence-electron chi connectivity index (χ3n) is 9.38. The second-order valence-electron chi connectivity index (χ2n) is 14.4. The molecule has 2 saturated heterocycles. The summed E-state index contributed by atoms with van der Waals surface area (Å²) in [7, 11) is 0. The van der Waals surface area contributed by atoms with Crippen molar-refractivity contribution >= 4 is 34.6 Å². The molecule has 3 aromatic rings. The van der Waals surface area contributed by atoms with Crippen LogP contribution in [0.4, 0.5) is 9.18 Å². The van der Waals surface area contributed by atoms with Gasteiger partial charge in [-0.3, -0.25) is 24.3 Å². The Morgan fingerprint density at radius 1 is 1.06 bits per heavy atom. The molecule has 0 N–H and O–H groups in total. The van der Waals surface area contributed by atoms with Crippen LogP contribution in [0, 0.1) is 18.7 Å². The quantitative estimate of drug-likeness (QED) is 0.239. The lowest BCUT2D eigenvalue weighted by atomic mass is 9.87. The van der Waals surface area contributed by atoms with Gasteiger partial charge in [0.25, 0.3) is 5.91 Å². The Labute approximate surface area is 314 Å². The van der Waals surface area contributed by atoms with E-state index < -0.39 is 102 Å². The van der Waals surface area contributed by atoms with Gasteiger partial charge in [0.05, 0.1) is 25.7 Å². The third kappa shape index (κ3) is 7.01. The molecule has 0 bridgehead atoms. The first-order valence-corrected chi connectivity index (χ1v) is 16.4. The fraction of sp³-hybridized carbons (Fsp3) is 0.564. The number of pyridine rings is 1. The van der Waals surface area contributed by atoms with E-state index in [9.17, 15) is 19.2 Å². The fourth-order valence-corrected chi connectivity index (χ4v) is 7.05. The van der Waals surface area contributed by atoms with Gasteiger partial charge in [0.1, 0.15) is 17.5 Å². The van der Waals surface area contributed by atoms with Crippen molar-refractivity contribution in [2.24, 2.45) is 5.92 Å². The van der Waals surface area contributed by atoms with Crippen molar-refractivity contribution in [1.82, 2.24) is 24.3 Å². The zero-order valence-electron chi connectivity index (χ0n) is 43.0. The van der Waals surface area contributed by atoms with E-state index in [-0.39, 0.29) is 54.0 Å². The predicted molar refractivity (Wildman–Crippen MR) is 191 cm³/mol. The van der Waals surface area contributed by atoms with E-state index in [0.717, 1.165) is 12.1 Å². The molecule has 0 aliphatic carbocycles. The second kappa shape index (κ2) is 13.8. The monoisotopic (exact) mass is 703 g/mol. The Hall–Kier alpha value is -4.28. The minimum atomic E-state index is -4.43. The van der Waals surface area contributed by atoms with Crippen molar-refractivity contribution in [3.8, 4) is 5.69 Å². The van der Waals surface area contributed by atoms with Gasteiger partial charge < -0.3 is 19.1 Å². The molecule has 50 heavy (non-hydrogen) atoms. The number of benzene rings is 1. The van der Waals surface area contributed by atoms with E-state index in [0.29, 0.717) is 18.9 Å². The third-order valence-corrected chi connectivity index (χ3v) is 9.38. The van der Waals surface area contributed by atoms with E-state index in [2.05, 4.69) is 4.98 Å². The zero-order chi connectivity index (χ0) is 48.7. The Morgan fingerprint density at radius 2 is 1.72 bits per heavy atom. The number of hydrogen-bond acceptors (Lipinski definition) is 6. The molecule has 2 fully saturated rings. The summed E-state index contributed by atoms with van der Waals surface area (Å²) in [6.07, 6.45) is 3.39. The van der Waals surface area contributed by atoms with Crippen LogP contribution in [-0.4, -0.2) is 90.2 Å². The molecular formula is C39H52FN5O5. The number of rotatable bonds is 7. The number of Topliss-reactive ketones (excluding diaryl/α,β-unsaturated/α-hetero) is 1. The smallest absolute Gasteiger partial charge is 0.411 e. The highest BCUT2D eigenvalue weighted by Crippen LogP contribution is 2.38. The molecule has 0 saturated carbocycles. The average Bonchev–Trinajstić information content (AvgIpc) is 3.63. The van der Waals surface area contributed by atoms with Crippen LogP contribution in [0.1, 0.15) is 133 Å². The number of piperidine rings is 1. The van der Waals surface area contributed by atoms with Gasteiger partial charge in [-0.25, -0.2) is 9.18 Å². The number of ketones is 1. The molecule has 2 aliphatic rings. The molecule has 0 radical (unpaired) electrons. The topological polar surface area (TPSA) is 105 Å². The van der Waals surface area contributed by atoms with Crippen molar-refractivity contribution in [3.63, 3.8) is 0 Å². The predicted octanol–water partition coefficient (Wildman–Crippen LogP) is 7.33. The number of nitrogens with zero attached hydrogens (tertiary/aromatic N) is 5. The maximum atomic E-state index is 15.3. The molecule has 2 aliphatic heterocycles. The van der Waals surface area contributed by atoms with E-state index in [1.54, 1.807) is 25.7 Å². The molecule has 5 rings (SSSR count). The maximum Gasteiger partial charge on any atom is 0.411 e. The van der Waals surface area contributed by atoms with Gasteiger partial charge in [-0.15, -0.1) is 0 Å². The Bertz CT molecular complexity index is 2260. The summed E-state index contributed by atoms with van der Waals surface area (Å²) >= 11 is 0. The standard InChI is InChI=1S/C39H52FN5O5/c1-23(2)43(24(3)4)35(47)29-21-27(40)11-12-30(29)44-25(5)33(28-14-18-41-22-32(28)44)34(46)26-15-19-42(20-16-26)36(48)31-13-17-39(9,10)45(31)37(49)50-38(6,7)8/h11-12,14,18,21-24,26,31H,13,15-17,19-20H2,1-10H3/t31-/m0/s1/i1D3,2D3,3D3,4D3,23D,24D. The largest absolute Gasteiger partial charge is 0.444 e. The van der Waals surface area contributed by atoms with Crippen LogP contribution in [0.5, 0.6) is 0 Å². The van der Waals surface area contributed by atoms with Crippen molar-refractivity contribution in [2.75, 3.05) is 13.1 Å². The van der Waals surface area contributed by atoms with E-state index in [1.807, 2.05) is 13.8 Å². The highest BCUT2D eigenvalue weighted by molar-refractivity contribution is 6.11. The van der Waals surface area contributed by atoms with Gasteiger partial charge in [0, 0.05) is 75.9 Å². The first kappa shape index (κ1) is 22.5. The Kier molecular flexibility index (Phi) is 6.21. The number of ether oxygens (including phenoxy) is 1. The number of hydrogen-bond donors (Lipinski definition) is 0. The number of amides is 3. The van der Waals surface area contributed by atoms with Crippen LogP contribution >= 0.6 is 0 Å². The first-order valence-electron chi connectivity index (χ1n) is 23.4. The maximum absolute atomic E-state index is 15.3. The zero-order valence-corrected chi connectivity index (χ0v) is 29.0. The summed E-state index contributed by atoms with van der Waals surface area (Å²) in [5.41, 5.74) is -2.65. The average molecular weight is 704 g/mol. The Balaban J connectivity index is 1.59. The van der Waals surface area contributed by atoms with Gasteiger partial charge in [-0.1, -0.05) is 0 Å². The molecule has 1 aromatic carbocycles. The van der Waals surface area contributed by atoms with Crippen LogP contribution in [0.15, 0.2) is 36.7 Å². The van der Waals surface area contributed by atoms with Gasteiger partial charge in [-0.2, -0.15) is 0 Å². The summed E-state index contributed by atoms with van der Waals surface area (Å²) in [6.45, 7) is -6.12. The highest BCUT2D eigenvalue weighted by atomic mass is 19.1. The first-order chi connectivity index (χ1) is 28.9. The lowest BCUT2D eigenvalue weighted by Gasteiger charge is -2.39. The van der Waals surface area contributed by atoms with Crippen molar-refractivity contribution < 1.29 is 47.5 Å². The van der Waals surface area contributed by atoms with Gasteiger partial charge in [0.2, 0.25) is 5.91 Å². The number of carbonyl (C=O) groups excluding carboxylic acids is 4. The van der Waals surface area contributed by atoms with Gasteiger partial charge in [0.15, 0.2) is 5.78 Å². The van der Waals surface area contributed by atoms with E-state index >= 15 is 4.39 Å². The van der Waals surface area contributed by atoms with Crippen molar-refractivity contribution in [1.29, 1.82) is 0 Å². The molecule has 3 amide bonds. The lowest BCUT2D eigenvalue weighted by Crippen LogP contribution is -2.55. The van der Waals surface area contributed by atoms with Gasteiger partial charge >= 0.3 is 6.09 Å². The molecule has 4 heterocycles. The van der Waals surface area contributed by atoms with Gasteiger partial charge in [-0.05, 0) is 119 Å². The molecular weight excluding hydrogens is 637 g/mol. The molecule has 0 spiro atoms. The second-order valence-corrected chi connectivity index (χ2v) is 14.4. The van der Waals surface area contributed by atoms with Crippen LogP contribution in [0.3, 0.4) is 0 Å². The van der Waals surface area contributed by atoms with Crippen LogP contribution in [0.25, 0.3) is 16.6 Å². The fourth-order valence-electron chi connectivity index (χ4n) is 7.05. The summed E-state index contributed by atoms with van der Waals surface area (Å²) in [5.74, 6) is -4.69. The van der Waals surface area contributed by atoms with Crippen LogP contribution < -0.4 is 0 Å². The van der Waals surface area contributed by atoms with Crippen LogP contribution in [-0.2, 0) is 9.53 Å². The summed E-state index contributed by atoms with van der Waals surface area (Å²) in [4.78, 5) is 63.2. The number of carbonyl (C=O) groups is 4. The summed E-state index contributed by atoms with van der Waals surface area (Å²) < 4.78 is 137. The number of halogens is 1. The summed E-state index contributed by atoms with van der Waals surface area (Å²) in [6, 6.07) is -5.91. The van der Waals surface area contributed by atoms with E-state index in [1.165, 1.54) is 34.9 Å². The summed E-state index contributed by atoms with van der Waals surface area (Å²) in [5, 5.41) is 0.261. The molecule has 0 unspecified atom stereocenters. The number of fused-ring (bicyclic) bond motifs is 1. The lowest BCUT2D eigenvalue weighted by molar-refractivity contribution is -0.138. The number of likely N-dealkylation sites (tertiary alicyclic amines) is 2. The Morgan fingerprint density at radius 3 is 2.34 bits per heavy atom. The minimum absolute atomic E-state index is 0.0902. The highest BCUT2D eigenvalue weighted by Gasteiger charge is 2.49.